The Morgan fingerprint density at radius 1 is 1.47 bits per heavy atom. The Bertz CT molecular complexity index is 297. The third-order valence-electron chi connectivity index (χ3n) is 2.24. The van der Waals surface area contributed by atoms with Gasteiger partial charge in [0, 0.05) is 6.54 Å². The molecule has 0 bridgehead atoms. The fourth-order valence-corrected chi connectivity index (χ4v) is 1.48. The van der Waals surface area contributed by atoms with Gasteiger partial charge in [-0.2, -0.15) is 0 Å². The second-order valence-electron chi connectivity index (χ2n) is 3.34. The van der Waals surface area contributed by atoms with E-state index in [0.717, 1.165) is 18.8 Å². The maximum Gasteiger partial charge on any atom is 0.182 e. The summed E-state index contributed by atoms with van der Waals surface area (Å²) in [6, 6.07) is 0. The van der Waals surface area contributed by atoms with Gasteiger partial charge in [0.15, 0.2) is 5.82 Å². The lowest BCUT2D eigenvalue weighted by Crippen LogP contribution is -2.25. The summed E-state index contributed by atoms with van der Waals surface area (Å²) >= 11 is 0. The number of hydrogen-bond donors (Lipinski definition) is 1. The smallest absolute Gasteiger partial charge is 0.182 e. The molecule has 2 rings (SSSR count). The van der Waals surface area contributed by atoms with Crippen LogP contribution in [0, 0.1) is 0 Å². The van der Waals surface area contributed by atoms with Crippen LogP contribution in [0.25, 0.3) is 0 Å². The largest absolute Gasteiger partial charge is 0.376 e. The summed E-state index contributed by atoms with van der Waals surface area (Å²) in [6.07, 6.45) is 0.706. The molecule has 84 valence electrons. The number of aryl methyl sites for hydroxylation is 1. The predicted molar refractivity (Wildman–Crippen MR) is 51.0 cm³/mol. The lowest BCUT2D eigenvalue weighted by atomic mass is 10.3. The number of nitrogens with two attached hydrogens (primary N) is 1. The van der Waals surface area contributed by atoms with Crippen molar-refractivity contribution >= 4 is 0 Å². The Labute approximate surface area is 87.5 Å². The van der Waals surface area contributed by atoms with Crippen molar-refractivity contribution in [2.45, 2.75) is 19.1 Å². The highest BCUT2D eigenvalue weighted by atomic mass is 16.6. The number of ether oxygens (including phenoxy) is 2. The van der Waals surface area contributed by atoms with Crippen LogP contribution in [0.5, 0.6) is 0 Å². The van der Waals surface area contributed by atoms with Crippen molar-refractivity contribution in [2.75, 3.05) is 26.4 Å². The molecule has 1 fully saturated rings. The normalized spacial score (nSPS) is 21.8. The fraction of sp³-hybridized carbons (Fsp3) is 0.875. The number of hydrogen-bond acceptors (Lipinski definition) is 6. The first kappa shape index (κ1) is 10.5. The molecular formula is C8H15N5O2. The van der Waals surface area contributed by atoms with Crippen LogP contribution >= 0.6 is 0 Å². The average Bonchev–Trinajstić information content (AvgIpc) is 2.75. The summed E-state index contributed by atoms with van der Waals surface area (Å²) in [6.45, 7) is 3.10. The van der Waals surface area contributed by atoms with Gasteiger partial charge in [-0.1, -0.05) is 0 Å². The van der Waals surface area contributed by atoms with Gasteiger partial charge in [0.2, 0.25) is 0 Å². The van der Waals surface area contributed by atoms with Crippen molar-refractivity contribution in [1.29, 1.82) is 0 Å². The highest BCUT2D eigenvalue weighted by Gasteiger charge is 2.22. The summed E-state index contributed by atoms with van der Waals surface area (Å²) in [5.74, 6) is 0.725. The minimum absolute atomic E-state index is 0.147. The number of rotatable bonds is 4. The Hall–Kier alpha value is -1.05. The van der Waals surface area contributed by atoms with Crippen LogP contribution < -0.4 is 5.73 Å². The van der Waals surface area contributed by atoms with E-state index in [4.69, 9.17) is 15.2 Å². The first-order valence-electron chi connectivity index (χ1n) is 5.07. The number of nitrogens with zero attached hydrogens (tertiary/aromatic N) is 4. The van der Waals surface area contributed by atoms with E-state index in [9.17, 15) is 0 Å². The summed E-state index contributed by atoms with van der Waals surface area (Å²) < 4.78 is 12.6. The predicted octanol–water partition coefficient (Wildman–Crippen LogP) is -0.890. The molecule has 7 nitrogen and oxygen atoms in total. The second kappa shape index (κ2) is 5.15. The van der Waals surface area contributed by atoms with Crippen LogP contribution in [-0.2, 0) is 16.0 Å². The van der Waals surface area contributed by atoms with Crippen LogP contribution in [0.4, 0.5) is 0 Å². The first-order valence-corrected chi connectivity index (χ1v) is 5.07. The van der Waals surface area contributed by atoms with Gasteiger partial charge in [0.25, 0.3) is 0 Å². The molecule has 0 radical (unpaired) electrons. The molecule has 0 amide bonds. The van der Waals surface area contributed by atoms with E-state index in [0.29, 0.717) is 26.4 Å². The van der Waals surface area contributed by atoms with Gasteiger partial charge in [0.1, 0.15) is 6.10 Å². The number of tetrazole rings is 1. The highest BCUT2D eigenvalue weighted by molar-refractivity contribution is 4.89. The van der Waals surface area contributed by atoms with Gasteiger partial charge < -0.3 is 15.2 Å². The molecular weight excluding hydrogens is 198 g/mol. The molecule has 0 aromatic carbocycles. The van der Waals surface area contributed by atoms with Crippen LogP contribution in [0.2, 0.25) is 0 Å². The van der Waals surface area contributed by atoms with Gasteiger partial charge in [0.05, 0.1) is 19.8 Å². The van der Waals surface area contributed by atoms with E-state index in [1.165, 1.54) is 0 Å². The molecule has 1 aromatic rings. The van der Waals surface area contributed by atoms with Crippen LogP contribution in [0.3, 0.4) is 0 Å². The van der Waals surface area contributed by atoms with Crippen molar-refractivity contribution in [2.24, 2.45) is 5.73 Å². The molecule has 1 atom stereocenters. The number of aromatic nitrogens is 4. The van der Waals surface area contributed by atoms with Gasteiger partial charge in [-0.3, -0.25) is 0 Å². The fourth-order valence-electron chi connectivity index (χ4n) is 1.48. The molecule has 0 spiro atoms. The molecule has 1 aromatic heterocycles. The summed E-state index contributed by atoms with van der Waals surface area (Å²) in [7, 11) is 0. The van der Waals surface area contributed by atoms with Crippen molar-refractivity contribution in [3.8, 4) is 0 Å². The molecule has 2 heterocycles. The maximum absolute atomic E-state index is 5.52. The molecule has 1 aliphatic heterocycles. The summed E-state index contributed by atoms with van der Waals surface area (Å²) in [5.41, 5.74) is 5.44. The lowest BCUT2D eigenvalue weighted by Gasteiger charge is -2.21. The Morgan fingerprint density at radius 2 is 2.40 bits per heavy atom. The molecule has 1 aliphatic rings. The molecule has 7 heteroatoms. The second-order valence-corrected chi connectivity index (χ2v) is 3.34. The first-order chi connectivity index (χ1) is 7.42. The molecule has 1 unspecified atom stereocenters. The Morgan fingerprint density at radius 3 is 3.13 bits per heavy atom. The van der Waals surface area contributed by atoms with Gasteiger partial charge in [-0.15, -0.1) is 5.10 Å². The van der Waals surface area contributed by atoms with Crippen LogP contribution in [-0.4, -0.2) is 46.6 Å². The van der Waals surface area contributed by atoms with Gasteiger partial charge in [-0.05, 0) is 23.4 Å². The molecule has 0 aliphatic carbocycles. The molecule has 0 saturated carbocycles. The highest BCUT2D eigenvalue weighted by Crippen LogP contribution is 2.17. The monoisotopic (exact) mass is 213 g/mol. The third-order valence-corrected chi connectivity index (χ3v) is 2.24. The zero-order valence-corrected chi connectivity index (χ0v) is 8.50. The van der Waals surface area contributed by atoms with E-state index in [1.807, 2.05) is 0 Å². The van der Waals surface area contributed by atoms with E-state index < -0.39 is 0 Å². The molecule has 15 heavy (non-hydrogen) atoms. The zero-order valence-electron chi connectivity index (χ0n) is 8.50. The van der Waals surface area contributed by atoms with E-state index in [1.54, 1.807) is 4.68 Å². The third kappa shape index (κ3) is 2.49. The molecule has 1 saturated heterocycles. The Kier molecular flexibility index (Phi) is 3.59. The quantitative estimate of drug-likeness (QED) is 0.698. The zero-order chi connectivity index (χ0) is 10.5. The Balaban J connectivity index is 2.02. The minimum Gasteiger partial charge on any atom is -0.376 e. The van der Waals surface area contributed by atoms with E-state index >= 15 is 0 Å². The lowest BCUT2D eigenvalue weighted by molar-refractivity contribution is -0.0950. The summed E-state index contributed by atoms with van der Waals surface area (Å²) in [4.78, 5) is 0. The van der Waals surface area contributed by atoms with Crippen molar-refractivity contribution in [1.82, 2.24) is 20.2 Å². The van der Waals surface area contributed by atoms with Gasteiger partial charge >= 0.3 is 0 Å². The van der Waals surface area contributed by atoms with Crippen molar-refractivity contribution in [3.05, 3.63) is 5.82 Å². The molecule has 2 N–H and O–H groups in total. The van der Waals surface area contributed by atoms with Crippen molar-refractivity contribution in [3.63, 3.8) is 0 Å². The van der Waals surface area contributed by atoms with E-state index in [2.05, 4.69) is 15.5 Å². The minimum atomic E-state index is -0.147. The average molecular weight is 213 g/mol. The summed E-state index contributed by atoms with van der Waals surface area (Å²) in [5, 5.41) is 11.5. The standard InChI is InChI=1S/C8H15N5O2/c9-2-1-3-13-8(10-11-12-13)7-6-14-4-5-15-7/h7H,1-6,9H2. The van der Waals surface area contributed by atoms with Crippen LogP contribution in [0.1, 0.15) is 18.3 Å². The maximum atomic E-state index is 5.52. The van der Waals surface area contributed by atoms with Crippen LogP contribution in [0.15, 0.2) is 0 Å². The van der Waals surface area contributed by atoms with E-state index in [-0.39, 0.29) is 6.10 Å². The van der Waals surface area contributed by atoms with Gasteiger partial charge in [-0.25, -0.2) is 4.68 Å². The topological polar surface area (TPSA) is 88.1 Å². The SMILES string of the molecule is NCCCn1nnnc1C1COCCO1. The van der Waals surface area contributed by atoms with Crippen molar-refractivity contribution < 1.29 is 9.47 Å².